The summed E-state index contributed by atoms with van der Waals surface area (Å²) in [6.07, 6.45) is 6.62. The Balaban J connectivity index is 1.95. The zero-order chi connectivity index (χ0) is 14.8. The van der Waals surface area contributed by atoms with Crippen molar-refractivity contribution in [1.82, 2.24) is 4.90 Å². The molecule has 2 aliphatic rings. The van der Waals surface area contributed by atoms with Gasteiger partial charge < -0.3 is 5.11 Å². The predicted octanol–water partition coefficient (Wildman–Crippen LogP) is 2.20. The summed E-state index contributed by atoms with van der Waals surface area (Å²) in [4.78, 5) is 36.5. The van der Waals surface area contributed by atoms with E-state index in [2.05, 4.69) is 0 Å². The summed E-state index contributed by atoms with van der Waals surface area (Å²) < 4.78 is 0. The standard InChI is InChI=1S/C15H23NO4/c1-11(14(19)20)5-8-16-12(17)9-15(10-13(16)18)6-3-2-4-7-15/h11H,2-10H2,1H3,(H,19,20). The number of imide groups is 1. The Bertz CT molecular complexity index is 392. The first-order valence-electron chi connectivity index (χ1n) is 7.50. The Morgan fingerprint density at radius 2 is 1.75 bits per heavy atom. The molecular weight excluding hydrogens is 258 g/mol. The van der Waals surface area contributed by atoms with Gasteiger partial charge in [0.05, 0.1) is 5.92 Å². The van der Waals surface area contributed by atoms with E-state index in [1.807, 2.05) is 0 Å². The fraction of sp³-hybridized carbons (Fsp3) is 0.800. The smallest absolute Gasteiger partial charge is 0.306 e. The van der Waals surface area contributed by atoms with E-state index >= 15 is 0 Å². The second-order valence-corrected chi connectivity index (χ2v) is 6.38. The third kappa shape index (κ3) is 3.19. The van der Waals surface area contributed by atoms with E-state index in [-0.39, 0.29) is 23.8 Å². The number of carbonyl (C=O) groups excluding carboxylic acids is 2. The highest BCUT2D eigenvalue weighted by Crippen LogP contribution is 2.45. The van der Waals surface area contributed by atoms with Gasteiger partial charge in [-0.25, -0.2) is 0 Å². The van der Waals surface area contributed by atoms with Gasteiger partial charge in [0.2, 0.25) is 11.8 Å². The fourth-order valence-corrected chi connectivity index (χ4v) is 3.38. The molecule has 1 N–H and O–H groups in total. The minimum atomic E-state index is -0.884. The van der Waals surface area contributed by atoms with Crippen molar-refractivity contribution in [3.63, 3.8) is 0 Å². The molecule has 1 saturated carbocycles. The molecule has 1 aliphatic carbocycles. The van der Waals surface area contributed by atoms with Crippen LogP contribution < -0.4 is 0 Å². The van der Waals surface area contributed by atoms with Crippen LogP contribution in [0.1, 0.15) is 58.3 Å². The number of hydrogen-bond donors (Lipinski definition) is 1. The van der Waals surface area contributed by atoms with Crippen LogP contribution in [0, 0.1) is 11.3 Å². The van der Waals surface area contributed by atoms with E-state index in [1.165, 1.54) is 11.3 Å². The number of carbonyl (C=O) groups is 3. The maximum Gasteiger partial charge on any atom is 0.306 e. The van der Waals surface area contributed by atoms with Crippen LogP contribution in [0.15, 0.2) is 0 Å². The van der Waals surface area contributed by atoms with Gasteiger partial charge in [-0.15, -0.1) is 0 Å². The average Bonchev–Trinajstić information content (AvgIpc) is 2.38. The van der Waals surface area contributed by atoms with E-state index in [4.69, 9.17) is 5.11 Å². The molecule has 0 aromatic rings. The average molecular weight is 281 g/mol. The maximum atomic E-state index is 12.2. The predicted molar refractivity (Wildman–Crippen MR) is 72.9 cm³/mol. The molecule has 112 valence electrons. The van der Waals surface area contributed by atoms with Crippen molar-refractivity contribution in [2.24, 2.45) is 11.3 Å². The van der Waals surface area contributed by atoms with Gasteiger partial charge in [-0.2, -0.15) is 0 Å². The van der Waals surface area contributed by atoms with E-state index < -0.39 is 11.9 Å². The lowest BCUT2D eigenvalue weighted by Gasteiger charge is -2.42. The van der Waals surface area contributed by atoms with Crippen molar-refractivity contribution in [3.05, 3.63) is 0 Å². The molecular formula is C15H23NO4. The monoisotopic (exact) mass is 281 g/mol. The number of carboxylic acid groups (broad SMARTS) is 1. The van der Waals surface area contributed by atoms with Crippen LogP contribution in [-0.4, -0.2) is 34.3 Å². The number of aliphatic carboxylic acids is 1. The number of hydrogen-bond acceptors (Lipinski definition) is 3. The van der Waals surface area contributed by atoms with Gasteiger partial charge in [0.25, 0.3) is 0 Å². The Morgan fingerprint density at radius 1 is 1.20 bits per heavy atom. The second-order valence-electron chi connectivity index (χ2n) is 6.38. The van der Waals surface area contributed by atoms with Crippen molar-refractivity contribution < 1.29 is 19.5 Å². The van der Waals surface area contributed by atoms with Gasteiger partial charge in [0, 0.05) is 19.4 Å². The molecule has 5 nitrogen and oxygen atoms in total. The molecule has 1 unspecified atom stereocenters. The number of amides is 2. The largest absolute Gasteiger partial charge is 0.481 e. The van der Waals surface area contributed by atoms with Gasteiger partial charge in [-0.1, -0.05) is 26.2 Å². The van der Waals surface area contributed by atoms with E-state index in [9.17, 15) is 14.4 Å². The van der Waals surface area contributed by atoms with Crippen molar-refractivity contribution >= 4 is 17.8 Å². The van der Waals surface area contributed by atoms with E-state index in [1.54, 1.807) is 6.92 Å². The summed E-state index contributed by atoms with van der Waals surface area (Å²) in [5, 5.41) is 8.85. The van der Waals surface area contributed by atoms with Crippen LogP contribution in [-0.2, 0) is 14.4 Å². The molecule has 2 fully saturated rings. The van der Waals surface area contributed by atoms with E-state index in [0.717, 1.165) is 25.7 Å². The molecule has 0 aromatic carbocycles. The van der Waals surface area contributed by atoms with Crippen molar-refractivity contribution in [2.75, 3.05) is 6.54 Å². The van der Waals surface area contributed by atoms with Gasteiger partial charge in [0.1, 0.15) is 0 Å². The number of rotatable bonds is 4. The summed E-state index contributed by atoms with van der Waals surface area (Å²) in [7, 11) is 0. The lowest BCUT2D eigenvalue weighted by atomic mass is 9.67. The SMILES string of the molecule is CC(CCN1C(=O)CC2(CCCCC2)CC1=O)C(=O)O. The molecule has 2 amide bonds. The molecule has 0 radical (unpaired) electrons. The summed E-state index contributed by atoms with van der Waals surface area (Å²) in [5.41, 5.74) is -0.0959. The van der Waals surface area contributed by atoms with Crippen LogP contribution in [0.5, 0.6) is 0 Å². The quantitative estimate of drug-likeness (QED) is 0.802. The molecule has 1 saturated heterocycles. The Labute approximate surface area is 119 Å². The molecule has 0 bridgehead atoms. The highest BCUT2D eigenvalue weighted by Gasteiger charge is 2.43. The Hall–Kier alpha value is -1.39. The van der Waals surface area contributed by atoms with Gasteiger partial charge >= 0.3 is 5.97 Å². The van der Waals surface area contributed by atoms with Crippen molar-refractivity contribution in [2.45, 2.75) is 58.3 Å². The zero-order valence-electron chi connectivity index (χ0n) is 12.1. The molecule has 1 aliphatic heterocycles. The van der Waals surface area contributed by atoms with Crippen LogP contribution in [0.3, 0.4) is 0 Å². The van der Waals surface area contributed by atoms with Gasteiger partial charge in [0.15, 0.2) is 0 Å². The Kier molecular flexibility index (Phi) is 4.45. The van der Waals surface area contributed by atoms with E-state index in [0.29, 0.717) is 19.3 Å². The number of piperidine rings is 1. The first-order valence-corrected chi connectivity index (χ1v) is 7.50. The van der Waals surface area contributed by atoms with Gasteiger partial charge in [-0.3, -0.25) is 19.3 Å². The number of carboxylic acids is 1. The van der Waals surface area contributed by atoms with Crippen LogP contribution in [0.2, 0.25) is 0 Å². The minimum absolute atomic E-state index is 0.0959. The maximum absolute atomic E-state index is 12.2. The first kappa shape index (κ1) is 15.0. The lowest BCUT2D eigenvalue weighted by Crippen LogP contribution is -2.49. The van der Waals surface area contributed by atoms with Crippen LogP contribution in [0.25, 0.3) is 0 Å². The lowest BCUT2D eigenvalue weighted by molar-refractivity contribution is -0.156. The molecule has 5 heteroatoms. The minimum Gasteiger partial charge on any atom is -0.481 e. The van der Waals surface area contributed by atoms with Crippen LogP contribution >= 0.6 is 0 Å². The third-order valence-corrected chi connectivity index (χ3v) is 4.78. The fourth-order valence-electron chi connectivity index (χ4n) is 3.38. The summed E-state index contributed by atoms with van der Waals surface area (Å²) in [6.45, 7) is 1.84. The molecule has 1 heterocycles. The summed E-state index contributed by atoms with van der Waals surface area (Å²) in [5.74, 6) is -1.63. The summed E-state index contributed by atoms with van der Waals surface area (Å²) in [6, 6.07) is 0. The van der Waals surface area contributed by atoms with Crippen LogP contribution in [0.4, 0.5) is 0 Å². The topological polar surface area (TPSA) is 74.7 Å². The second kappa shape index (κ2) is 5.94. The van der Waals surface area contributed by atoms with Gasteiger partial charge in [-0.05, 0) is 24.7 Å². The third-order valence-electron chi connectivity index (χ3n) is 4.78. The molecule has 2 rings (SSSR count). The van der Waals surface area contributed by atoms with Crippen molar-refractivity contribution in [3.8, 4) is 0 Å². The zero-order valence-corrected chi connectivity index (χ0v) is 12.1. The number of nitrogens with zero attached hydrogens (tertiary/aromatic N) is 1. The number of likely N-dealkylation sites (tertiary alicyclic amines) is 1. The highest BCUT2D eigenvalue weighted by molar-refractivity contribution is 5.98. The molecule has 1 atom stereocenters. The molecule has 1 spiro atoms. The van der Waals surface area contributed by atoms with Crippen molar-refractivity contribution in [1.29, 1.82) is 0 Å². The summed E-state index contributed by atoms with van der Waals surface area (Å²) >= 11 is 0. The molecule has 20 heavy (non-hydrogen) atoms. The first-order chi connectivity index (χ1) is 9.43. The Morgan fingerprint density at radius 3 is 2.25 bits per heavy atom. The molecule has 0 aromatic heterocycles. The highest BCUT2D eigenvalue weighted by atomic mass is 16.4. The normalized spacial score (nSPS) is 23.9.